The molecule has 0 amide bonds. The van der Waals surface area contributed by atoms with E-state index in [0.717, 1.165) is 39.0 Å². The number of hydrogen-bond donors (Lipinski definition) is 0. The minimum atomic E-state index is -0.0365. The summed E-state index contributed by atoms with van der Waals surface area (Å²) >= 11 is 0. The summed E-state index contributed by atoms with van der Waals surface area (Å²) in [5.41, 5.74) is 21.4. The third-order valence-electron chi connectivity index (χ3n) is 16.2. The fraction of sp³-hybridized carbons (Fsp3) is 0.0725. The van der Waals surface area contributed by atoms with Crippen LogP contribution in [0.15, 0.2) is 247 Å². The van der Waals surface area contributed by atoms with Gasteiger partial charge in [-0.2, -0.15) is 0 Å². The monoisotopic (exact) mass is 920 g/mol. The van der Waals surface area contributed by atoms with Gasteiger partial charge in [-0.15, -0.1) is 0 Å². The number of rotatable bonds is 8. The highest BCUT2D eigenvalue weighted by Crippen LogP contribution is 2.60. The van der Waals surface area contributed by atoms with Gasteiger partial charge >= 0.3 is 0 Å². The number of furan rings is 1. The fourth-order valence-corrected chi connectivity index (χ4v) is 12.4. The molecule has 2 heterocycles. The van der Waals surface area contributed by atoms with Gasteiger partial charge in [0, 0.05) is 44.0 Å². The highest BCUT2D eigenvalue weighted by molar-refractivity contribution is 6.23. The molecule has 3 nitrogen and oxygen atoms in total. The topological polar surface area (TPSA) is 21.3 Å². The second-order valence-electron chi connectivity index (χ2n) is 20.1. The summed E-state index contributed by atoms with van der Waals surface area (Å²) in [4.78, 5) is 2.44. The summed E-state index contributed by atoms with van der Waals surface area (Å²) in [5, 5.41) is 7.18. The Morgan fingerprint density at radius 2 is 0.986 bits per heavy atom. The van der Waals surface area contributed by atoms with Gasteiger partial charge in [0.25, 0.3) is 0 Å². The zero-order chi connectivity index (χ0) is 47.5. The Labute approximate surface area is 418 Å². The predicted octanol–water partition coefficient (Wildman–Crippen LogP) is 19.0. The smallest absolute Gasteiger partial charge is 0.160 e. The van der Waals surface area contributed by atoms with Crippen molar-refractivity contribution < 1.29 is 4.42 Å². The molecule has 15 rings (SSSR count). The van der Waals surface area contributed by atoms with Crippen LogP contribution in [0.2, 0.25) is 0 Å². The lowest BCUT2D eigenvalue weighted by Gasteiger charge is -2.30. The van der Waals surface area contributed by atoms with Gasteiger partial charge in [-0.1, -0.05) is 183 Å². The molecule has 1 unspecified atom stereocenters. The third-order valence-corrected chi connectivity index (χ3v) is 16.2. The lowest BCUT2D eigenvalue weighted by atomic mass is 9.75. The zero-order valence-corrected chi connectivity index (χ0v) is 39.9. The van der Waals surface area contributed by atoms with Gasteiger partial charge in [-0.3, -0.25) is 0 Å². The average molecular weight is 921 g/mol. The highest BCUT2D eigenvalue weighted by Gasteiger charge is 2.49. The van der Waals surface area contributed by atoms with Crippen molar-refractivity contribution in [3.8, 4) is 50.2 Å². The van der Waals surface area contributed by atoms with Crippen molar-refractivity contribution in [3.05, 3.63) is 254 Å². The Kier molecular flexibility index (Phi) is 8.98. The molecular weight excluding hydrogens is 873 g/mol. The second kappa shape index (κ2) is 15.8. The van der Waals surface area contributed by atoms with Gasteiger partial charge in [0.2, 0.25) is 0 Å². The average Bonchev–Trinajstić information content (AvgIpc) is 4.09. The van der Waals surface area contributed by atoms with Crippen molar-refractivity contribution in [1.82, 2.24) is 4.57 Å². The van der Waals surface area contributed by atoms with Crippen molar-refractivity contribution >= 4 is 71.6 Å². The lowest BCUT2D eigenvalue weighted by molar-refractivity contribution is 0.508. The number of aromatic nitrogens is 1. The molecule has 1 fully saturated rings. The molecule has 2 aliphatic rings. The van der Waals surface area contributed by atoms with Crippen LogP contribution in [0.4, 0.5) is 17.1 Å². The Morgan fingerprint density at radius 1 is 0.431 bits per heavy atom. The van der Waals surface area contributed by atoms with Gasteiger partial charge in [0.05, 0.1) is 16.7 Å². The SMILES string of the molecule is CC1(C2CC2)c2ccccc2-c2ccc(N(c3ccc(-c4ccc(-c5ccc(-c6ccc7c(c6)c6ccccc6n7-c6ccccc6)cc5)cc4)cc3)c3cc4ccccc4c4c3oc3ccccc34)cc21. The first-order valence-electron chi connectivity index (χ1n) is 25.3. The second-order valence-corrected chi connectivity index (χ2v) is 20.1. The van der Waals surface area contributed by atoms with Crippen LogP contribution in [0, 0.1) is 5.92 Å². The molecular formula is C69H48N2O. The van der Waals surface area contributed by atoms with E-state index in [-0.39, 0.29) is 5.41 Å². The number of nitrogens with zero attached hydrogens (tertiary/aromatic N) is 2. The molecule has 1 atom stereocenters. The molecule has 1 saturated carbocycles. The normalized spacial score (nSPS) is 15.2. The van der Waals surface area contributed by atoms with Crippen LogP contribution < -0.4 is 4.90 Å². The van der Waals surface area contributed by atoms with Crippen LogP contribution in [0.25, 0.3) is 105 Å². The zero-order valence-electron chi connectivity index (χ0n) is 39.9. The largest absolute Gasteiger partial charge is 0.454 e. The van der Waals surface area contributed by atoms with E-state index in [4.69, 9.17) is 4.42 Å². The predicted molar refractivity (Wildman–Crippen MR) is 301 cm³/mol. The third kappa shape index (κ3) is 6.23. The highest BCUT2D eigenvalue weighted by atomic mass is 16.3. The number of fused-ring (bicyclic) bond motifs is 11. The maximum atomic E-state index is 6.92. The first-order chi connectivity index (χ1) is 35.6. The lowest BCUT2D eigenvalue weighted by Crippen LogP contribution is -2.23. The summed E-state index contributed by atoms with van der Waals surface area (Å²) in [6.45, 7) is 2.49. The van der Waals surface area contributed by atoms with E-state index in [9.17, 15) is 0 Å². The van der Waals surface area contributed by atoms with E-state index in [1.165, 1.54) is 107 Å². The number of para-hydroxylation sites is 3. The van der Waals surface area contributed by atoms with E-state index in [2.05, 4.69) is 259 Å². The van der Waals surface area contributed by atoms with Crippen molar-refractivity contribution in [1.29, 1.82) is 0 Å². The summed E-state index contributed by atoms with van der Waals surface area (Å²) < 4.78 is 9.29. The van der Waals surface area contributed by atoms with Gasteiger partial charge in [0.15, 0.2) is 5.58 Å². The standard InChI is InChI=1S/C69H48N2O/c1-69(51-34-35-51)61-20-10-7-17-56(61)57-39-38-54(43-62(57)69)70(65-42-50-13-5-6-16-55(50)67-59-19-9-12-22-66(59)72-68(65)67)53-36-31-47(32-37-53)46-25-23-44(24-26-46)45-27-29-48(30-28-45)49-33-40-64-60(41-49)58-18-8-11-21-63(58)71(64)52-14-3-2-4-15-52/h2-33,36-43,51H,34-35H2,1H3. The Morgan fingerprint density at radius 3 is 1.72 bits per heavy atom. The summed E-state index contributed by atoms with van der Waals surface area (Å²) in [7, 11) is 0. The van der Waals surface area contributed by atoms with Crippen LogP contribution in [-0.2, 0) is 5.41 Å². The van der Waals surface area contributed by atoms with E-state index >= 15 is 0 Å². The number of hydrogen-bond acceptors (Lipinski definition) is 2. The molecule has 0 bridgehead atoms. The van der Waals surface area contributed by atoms with E-state index in [0.29, 0.717) is 5.92 Å². The number of benzene rings is 11. The molecule has 2 aliphatic carbocycles. The molecule has 0 aliphatic heterocycles. The van der Waals surface area contributed by atoms with Crippen molar-refractivity contribution in [2.45, 2.75) is 25.2 Å². The molecule has 0 radical (unpaired) electrons. The Bertz CT molecular complexity index is 4270. The van der Waals surface area contributed by atoms with Crippen molar-refractivity contribution in [2.24, 2.45) is 5.92 Å². The molecule has 340 valence electrons. The molecule has 2 aromatic heterocycles. The first-order valence-corrected chi connectivity index (χ1v) is 25.3. The quantitative estimate of drug-likeness (QED) is 0.151. The first kappa shape index (κ1) is 40.9. The molecule has 3 heteroatoms. The Hall–Kier alpha value is -8.92. The van der Waals surface area contributed by atoms with E-state index in [1.54, 1.807) is 0 Å². The maximum Gasteiger partial charge on any atom is 0.160 e. The van der Waals surface area contributed by atoms with Gasteiger partial charge in [-0.25, -0.2) is 0 Å². The van der Waals surface area contributed by atoms with Gasteiger partial charge in [0.1, 0.15) is 5.58 Å². The maximum absolute atomic E-state index is 6.92. The number of anilines is 3. The molecule has 0 spiro atoms. The molecule has 13 aromatic rings. The van der Waals surface area contributed by atoms with Crippen LogP contribution in [0.5, 0.6) is 0 Å². The minimum absolute atomic E-state index is 0.0365. The van der Waals surface area contributed by atoms with Crippen molar-refractivity contribution in [3.63, 3.8) is 0 Å². The van der Waals surface area contributed by atoms with E-state index in [1.807, 2.05) is 0 Å². The molecule has 11 aromatic carbocycles. The van der Waals surface area contributed by atoms with E-state index < -0.39 is 0 Å². The van der Waals surface area contributed by atoms with Crippen LogP contribution in [0.3, 0.4) is 0 Å². The summed E-state index contributed by atoms with van der Waals surface area (Å²) in [5.74, 6) is 0.637. The Balaban J connectivity index is 0.780. The summed E-state index contributed by atoms with van der Waals surface area (Å²) in [6, 6.07) is 89.2. The molecule has 0 N–H and O–H groups in total. The van der Waals surface area contributed by atoms with Crippen LogP contribution in [0.1, 0.15) is 30.9 Å². The molecule has 72 heavy (non-hydrogen) atoms. The van der Waals surface area contributed by atoms with Gasteiger partial charge in [-0.05, 0) is 152 Å². The van der Waals surface area contributed by atoms with Crippen molar-refractivity contribution in [2.75, 3.05) is 4.90 Å². The fourth-order valence-electron chi connectivity index (χ4n) is 12.4. The van der Waals surface area contributed by atoms with Crippen LogP contribution >= 0.6 is 0 Å². The minimum Gasteiger partial charge on any atom is -0.454 e. The van der Waals surface area contributed by atoms with Gasteiger partial charge < -0.3 is 13.9 Å². The summed E-state index contributed by atoms with van der Waals surface area (Å²) in [6.07, 6.45) is 2.52. The van der Waals surface area contributed by atoms with Crippen LogP contribution in [-0.4, -0.2) is 4.57 Å². The molecule has 0 saturated heterocycles.